The third-order valence-corrected chi connectivity index (χ3v) is 12.3. The fourth-order valence-corrected chi connectivity index (χ4v) is 11.3. The SMILES string of the molecule is CC1=Cc2c(-c3ccccc3)cccc2C1[Si](C)(C)C1C(c2ccccc2)=Cc2ccccc21. The van der Waals surface area contributed by atoms with Gasteiger partial charge in [-0.1, -0.05) is 134 Å². The molecule has 34 heavy (non-hydrogen) atoms. The Kier molecular flexibility index (Phi) is 5.04. The van der Waals surface area contributed by atoms with Gasteiger partial charge in [0.1, 0.15) is 0 Å². The molecule has 0 bridgehead atoms. The summed E-state index contributed by atoms with van der Waals surface area (Å²) in [6.45, 7) is 7.59. The molecule has 1 heteroatoms. The van der Waals surface area contributed by atoms with Crippen molar-refractivity contribution in [1.82, 2.24) is 0 Å². The van der Waals surface area contributed by atoms with E-state index in [0.717, 1.165) is 0 Å². The maximum absolute atomic E-state index is 2.61. The predicted molar refractivity (Wildman–Crippen MR) is 149 cm³/mol. The first kappa shape index (κ1) is 21.1. The Morgan fingerprint density at radius 2 is 1.18 bits per heavy atom. The van der Waals surface area contributed by atoms with Crippen LogP contribution in [0.1, 0.15) is 45.8 Å². The number of fused-ring (bicyclic) bond motifs is 2. The molecule has 2 aliphatic carbocycles. The van der Waals surface area contributed by atoms with Crippen LogP contribution in [0, 0.1) is 0 Å². The summed E-state index contributed by atoms with van der Waals surface area (Å²) in [4.78, 5) is 0. The zero-order valence-electron chi connectivity index (χ0n) is 20.1. The molecular formula is C33H30Si. The van der Waals surface area contributed by atoms with Crippen LogP contribution in [-0.4, -0.2) is 8.07 Å². The van der Waals surface area contributed by atoms with Crippen LogP contribution in [-0.2, 0) is 0 Å². The Bertz CT molecular complexity index is 1420. The van der Waals surface area contributed by atoms with Gasteiger partial charge in [0.2, 0.25) is 0 Å². The Balaban J connectivity index is 1.50. The van der Waals surface area contributed by atoms with Crippen molar-refractivity contribution < 1.29 is 0 Å². The van der Waals surface area contributed by atoms with Crippen LogP contribution in [0.5, 0.6) is 0 Å². The summed E-state index contributed by atoms with van der Waals surface area (Å²) in [5.41, 5.74) is 13.9. The molecule has 2 aliphatic rings. The normalized spacial score (nSPS) is 18.8. The fraction of sp³-hybridized carbons (Fsp3) is 0.152. The van der Waals surface area contributed by atoms with Gasteiger partial charge in [-0.3, -0.25) is 0 Å². The zero-order chi connectivity index (χ0) is 23.3. The first-order valence-corrected chi connectivity index (χ1v) is 15.4. The van der Waals surface area contributed by atoms with Crippen molar-refractivity contribution in [2.24, 2.45) is 0 Å². The average molecular weight is 455 g/mol. The molecule has 0 radical (unpaired) electrons. The molecule has 0 heterocycles. The van der Waals surface area contributed by atoms with Crippen LogP contribution < -0.4 is 0 Å². The van der Waals surface area contributed by atoms with Crippen LogP contribution in [0.25, 0.3) is 28.9 Å². The van der Waals surface area contributed by atoms with Crippen LogP contribution >= 0.6 is 0 Å². The van der Waals surface area contributed by atoms with Crippen molar-refractivity contribution in [3.8, 4) is 11.1 Å². The lowest BCUT2D eigenvalue weighted by molar-refractivity contribution is 1.01. The second-order valence-corrected chi connectivity index (χ2v) is 15.1. The highest BCUT2D eigenvalue weighted by molar-refractivity contribution is 6.83. The molecule has 2 atom stereocenters. The third-order valence-electron chi connectivity index (χ3n) is 7.89. The molecule has 166 valence electrons. The highest BCUT2D eigenvalue weighted by atomic mass is 28.3. The van der Waals surface area contributed by atoms with Crippen LogP contribution in [0.15, 0.2) is 109 Å². The van der Waals surface area contributed by atoms with E-state index in [0.29, 0.717) is 11.1 Å². The van der Waals surface area contributed by atoms with Crippen LogP contribution in [0.4, 0.5) is 0 Å². The van der Waals surface area contributed by atoms with Crippen LogP contribution in [0.2, 0.25) is 13.1 Å². The van der Waals surface area contributed by atoms with Crippen molar-refractivity contribution >= 4 is 25.8 Å². The molecule has 0 fully saturated rings. The minimum Gasteiger partial charge on any atom is -0.0679 e. The van der Waals surface area contributed by atoms with Gasteiger partial charge in [0.05, 0.1) is 8.07 Å². The lowest BCUT2D eigenvalue weighted by Crippen LogP contribution is -2.42. The maximum atomic E-state index is 2.61. The topological polar surface area (TPSA) is 0 Å². The molecule has 0 saturated heterocycles. The molecule has 0 N–H and O–H groups in total. The van der Waals surface area contributed by atoms with Crippen molar-refractivity contribution in [3.63, 3.8) is 0 Å². The Morgan fingerprint density at radius 3 is 1.91 bits per heavy atom. The van der Waals surface area contributed by atoms with E-state index < -0.39 is 8.07 Å². The summed E-state index contributed by atoms with van der Waals surface area (Å²) in [6.07, 6.45) is 4.93. The second-order valence-electron chi connectivity index (χ2n) is 10.3. The summed E-state index contributed by atoms with van der Waals surface area (Å²) in [6, 6.07) is 37.9. The van der Waals surface area contributed by atoms with Crippen molar-refractivity contribution in [2.45, 2.75) is 31.1 Å². The van der Waals surface area contributed by atoms with E-state index in [9.17, 15) is 0 Å². The van der Waals surface area contributed by atoms with E-state index >= 15 is 0 Å². The van der Waals surface area contributed by atoms with E-state index in [1.54, 1.807) is 0 Å². The minimum atomic E-state index is -1.91. The Labute approximate surface area is 204 Å². The quantitative estimate of drug-likeness (QED) is 0.270. The zero-order valence-corrected chi connectivity index (χ0v) is 21.1. The van der Waals surface area contributed by atoms with Crippen molar-refractivity contribution in [1.29, 1.82) is 0 Å². The third kappa shape index (κ3) is 3.27. The molecule has 0 saturated carbocycles. The van der Waals surface area contributed by atoms with Gasteiger partial charge in [0.15, 0.2) is 0 Å². The van der Waals surface area contributed by atoms with E-state index in [4.69, 9.17) is 0 Å². The number of benzene rings is 4. The Hall–Kier alpha value is -3.42. The maximum Gasteiger partial charge on any atom is 0.0726 e. The van der Waals surface area contributed by atoms with E-state index in [1.807, 2.05) is 0 Å². The summed E-state index contributed by atoms with van der Waals surface area (Å²) < 4.78 is 0. The van der Waals surface area contributed by atoms with Gasteiger partial charge in [-0.15, -0.1) is 0 Å². The molecule has 0 amide bonds. The number of hydrogen-bond acceptors (Lipinski definition) is 0. The molecule has 2 unspecified atom stereocenters. The van der Waals surface area contributed by atoms with E-state index in [2.05, 4.69) is 135 Å². The van der Waals surface area contributed by atoms with E-state index in [-0.39, 0.29) is 0 Å². The number of rotatable bonds is 4. The standard InChI is InChI=1S/C33H30Si/c1-23-21-31-27(24-13-6-4-7-14-24)19-12-20-29(31)32(23)34(2,3)33-28-18-11-10-17-26(28)22-30(33)25-15-8-5-9-16-25/h4-22,32-33H,1-3H3. The highest BCUT2D eigenvalue weighted by Gasteiger charge is 2.47. The largest absolute Gasteiger partial charge is 0.0726 e. The molecule has 0 spiro atoms. The summed E-state index contributed by atoms with van der Waals surface area (Å²) in [5, 5.41) is 0. The Morgan fingerprint density at radius 1 is 0.559 bits per heavy atom. The monoisotopic (exact) mass is 454 g/mol. The van der Waals surface area contributed by atoms with Crippen molar-refractivity contribution in [3.05, 3.63) is 137 Å². The summed E-state index contributed by atoms with van der Waals surface area (Å²) in [5.74, 6) is 0. The minimum absolute atomic E-state index is 0.464. The van der Waals surface area contributed by atoms with Gasteiger partial charge in [0.25, 0.3) is 0 Å². The number of allylic oxidation sites excluding steroid dienone is 2. The van der Waals surface area contributed by atoms with Gasteiger partial charge < -0.3 is 0 Å². The lowest BCUT2D eigenvalue weighted by Gasteiger charge is -2.39. The van der Waals surface area contributed by atoms with Gasteiger partial charge >= 0.3 is 0 Å². The fourth-order valence-electron chi connectivity index (χ4n) is 6.58. The van der Waals surface area contributed by atoms with Crippen LogP contribution in [0.3, 0.4) is 0 Å². The molecule has 0 nitrogen and oxygen atoms in total. The molecule has 4 aromatic carbocycles. The molecular weight excluding hydrogens is 424 g/mol. The van der Waals surface area contributed by atoms with E-state index in [1.165, 1.54) is 50.1 Å². The van der Waals surface area contributed by atoms with Gasteiger partial charge in [-0.25, -0.2) is 0 Å². The number of hydrogen-bond donors (Lipinski definition) is 0. The molecule has 0 aliphatic heterocycles. The second kappa shape index (κ2) is 8.11. The average Bonchev–Trinajstić information content (AvgIpc) is 3.43. The first-order valence-electron chi connectivity index (χ1n) is 12.3. The summed E-state index contributed by atoms with van der Waals surface area (Å²) >= 11 is 0. The molecule has 6 rings (SSSR count). The van der Waals surface area contributed by atoms with Gasteiger partial charge in [-0.05, 0) is 51.4 Å². The first-order chi connectivity index (χ1) is 16.6. The van der Waals surface area contributed by atoms with Gasteiger partial charge in [0, 0.05) is 11.1 Å². The molecule has 0 aromatic heterocycles. The summed E-state index contributed by atoms with van der Waals surface area (Å²) in [7, 11) is -1.91. The predicted octanol–water partition coefficient (Wildman–Crippen LogP) is 8.98. The van der Waals surface area contributed by atoms with Crippen molar-refractivity contribution in [2.75, 3.05) is 0 Å². The lowest BCUT2D eigenvalue weighted by atomic mass is 9.97. The smallest absolute Gasteiger partial charge is 0.0679 e. The van der Waals surface area contributed by atoms with Gasteiger partial charge in [-0.2, -0.15) is 0 Å². The molecule has 4 aromatic rings. The highest BCUT2D eigenvalue weighted by Crippen LogP contribution is 2.55.